The molecule has 4 amide bonds. The number of nitrogens with two attached hydrogens (primary N) is 4. The molecular weight excluding hydrogens is 615 g/mol. The summed E-state index contributed by atoms with van der Waals surface area (Å²) in [6, 6.07) is 6.19. The Morgan fingerprint density at radius 2 is 1.35 bits per heavy atom. The van der Waals surface area contributed by atoms with Crippen molar-refractivity contribution in [2.24, 2.45) is 22.9 Å². The molecule has 0 saturated carbocycles. The highest BCUT2D eigenvalue weighted by Crippen LogP contribution is 2.12. The quantitative estimate of drug-likeness (QED) is 0.0301. The van der Waals surface area contributed by atoms with Crippen molar-refractivity contribution in [2.45, 2.75) is 68.5 Å². The van der Waals surface area contributed by atoms with Gasteiger partial charge in [0.2, 0.25) is 23.6 Å². The van der Waals surface area contributed by atoms with Gasteiger partial charge in [-0.2, -0.15) is 0 Å². The van der Waals surface area contributed by atoms with Crippen molar-refractivity contribution < 1.29 is 19.2 Å². The molecule has 13 nitrogen and oxygen atoms in total. The molecule has 49 heavy (non-hydrogen) atoms. The molecule has 2 aromatic carbocycles. The normalized spacial score (nSPS) is 14.0. The molecule has 13 N–H and O–H groups in total. The van der Waals surface area contributed by atoms with E-state index in [0.717, 1.165) is 38.4 Å². The lowest BCUT2D eigenvalue weighted by Crippen LogP contribution is -2.64. The monoisotopic (exact) mass is 667 g/mol. The number of guanidine groups is 1. The van der Waals surface area contributed by atoms with Crippen LogP contribution in [0.2, 0.25) is 0 Å². The molecule has 2 rings (SSSR count). The van der Waals surface area contributed by atoms with Gasteiger partial charge in [-0.3, -0.25) is 24.6 Å². The van der Waals surface area contributed by atoms with Gasteiger partial charge in [-0.15, -0.1) is 16.4 Å². The van der Waals surface area contributed by atoms with Crippen molar-refractivity contribution >= 4 is 104 Å². The number of carbonyl (C=O) groups excluding carboxylic acids is 4. The molecule has 0 aromatic heterocycles. The van der Waals surface area contributed by atoms with Crippen LogP contribution in [0.5, 0.6) is 0 Å². The molecule has 0 heterocycles. The first-order valence-electron chi connectivity index (χ1n) is 16.9. The second-order valence-electron chi connectivity index (χ2n) is 13.1. The van der Waals surface area contributed by atoms with E-state index in [1.54, 1.807) is 7.85 Å². The maximum atomic E-state index is 14.1. The fourth-order valence-corrected chi connectivity index (χ4v) is 5.84. The van der Waals surface area contributed by atoms with Gasteiger partial charge in [0, 0.05) is 13.0 Å². The number of primary amides is 1. The number of carbonyl (C=O) groups is 4. The Morgan fingerprint density at radius 1 is 0.776 bits per heavy atom. The third kappa shape index (κ3) is 12.1. The van der Waals surface area contributed by atoms with Crippen LogP contribution in [0.4, 0.5) is 0 Å². The molecule has 0 spiro atoms. The van der Waals surface area contributed by atoms with Crippen LogP contribution in [-0.2, 0) is 32.0 Å². The van der Waals surface area contributed by atoms with Gasteiger partial charge in [0.05, 0.1) is 11.5 Å². The topological polar surface area (TPSA) is 244 Å². The first-order valence-corrected chi connectivity index (χ1v) is 16.9. The summed E-state index contributed by atoms with van der Waals surface area (Å²) < 4.78 is 0. The molecule has 0 aliphatic heterocycles. The molecule has 0 aliphatic rings. The average molecular weight is 667 g/mol. The number of rotatable bonds is 19. The third-order valence-electron chi connectivity index (χ3n) is 9.52. The molecule has 0 bridgehead atoms. The molecule has 0 aliphatic carbocycles. The third-order valence-corrected chi connectivity index (χ3v) is 9.52. The van der Waals surface area contributed by atoms with E-state index in [-0.39, 0.29) is 38.2 Å². The summed E-state index contributed by atoms with van der Waals surface area (Å²) in [5.41, 5.74) is 28.8. The molecule has 0 saturated heterocycles. The van der Waals surface area contributed by atoms with Crippen LogP contribution >= 0.6 is 0 Å². The molecule has 19 heteroatoms. The minimum absolute atomic E-state index is 0.134. The second-order valence-corrected chi connectivity index (χ2v) is 13.1. The Hall–Kier alpha value is -4.10. The van der Waals surface area contributed by atoms with Crippen molar-refractivity contribution in [1.29, 1.82) is 5.41 Å². The highest BCUT2D eigenvalue weighted by molar-refractivity contribution is 6.67. The van der Waals surface area contributed by atoms with E-state index >= 15 is 0 Å². The van der Waals surface area contributed by atoms with Gasteiger partial charge in [-0.25, -0.2) is 0 Å². The SMILES string of the molecule is Bc1c(B)c(B)c(C[C@H](NC(=O)[C@@H](CCCNC(=N)N)NC(=O)[C@@H](N)Cc2ccccc2)C(=O)N[C@@](B)(CCCCN)C(N)=O)c(B)c1B. The molecule has 0 unspecified atom stereocenters. The van der Waals surface area contributed by atoms with Crippen LogP contribution in [0.15, 0.2) is 30.3 Å². The van der Waals surface area contributed by atoms with E-state index in [1.165, 1.54) is 0 Å². The first-order chi connectivity index (χ1) is 23.0. The van der Waals surface area contributed by atoms with Crippen molar-refractivity contribution in [2.75, 3.05) is 13.1 Å². The van der Waals surface area contributed by atoms with Crippen molar-refractivity contribution in [3.05, 3.63) is 41.5 Å². The maximum Gasteiger partial charge on any atom is 0.243 e. The van der Waals surface area contributed by atoms with Crippen LogP contribution in [0.25, 0.3) is 0 Å². The zero-order valence-corrected chi connectivity index (χ0v) is 29.9. The maximum absolute atomic E-state index is 14.1. The number of hydrogen-bond acceptors (Lipinski definition) is 7. The van der Waals surface area contributed by atoms with Crippen molar-refractivity contribution in [1.82, 2.24) is 21.3 Å². The van der Waals surface area contributed by atoms with Gasteiger partial charge in [0.25, 0.3) is 0 Å². The minimum atomic E-state index is -1.38. The Bertz CT molecular complexity index is 1470. The van der Waals surface area contributed by atoms with Crippen molar-refractivity contribution in [3.8, 4) is 0 Å². The molecule has 258 valence electrons. The van der Waals surface area contributed by atoms with Crippen LogP contribution in [0.1, 0.15) is 43.2 Å². The van der Waals surface area contributed by atoms with Crippen LogP contribution in [0.3, 0.4) is 0 Å². The summed E-state index contributed by atoms with van der Waals surface area (Å²) in [6.07, 6.45) is 2.42. The summed E-state index contributed by atoms with van der Waals surface area (Å²) in [7, 11) is 11.6. The summed E-state index contributed by atoms with van der Waals surface area (Å²) in [4.78, 5) is 54.0. The lowest BCUT2D eigenvalue weighted by Gasteiger charge is -2.32. The Balaban J connectivity index is 2.46. The molecule has 4 atom stereocenters. The zero-order chi connectivity index (χ0) is 36.9. The fraction of sp³-hybridized carbons (Fsp3) is 0.433. The van der Waals surface area contributed by atoms with Crippen LogP contribution in [0, 0.1) is 5.41 Å². The van der Waals surface area contributed by atoms with E-state index in [1.807, 2.05) is 61.7 Å². The zero-order valence-electron chi connectivity index (χ0n) is 29.9. The number of benzene rings is 2. The van der Waals surface area contributed by atoms with Gasteiger partial charge in [-0.05, 0) is 44.2 Å². The van der Waals surface area contributed by atoms with E-state index in [2.05, 4.69) is 29.1 Å². The smallest absolute Gasteiger partial charge is 0.243 e. The van der Waals surface area contributed by atoms with Gasteiger partial charge < -0.3 is 44.2 Å². The standard InChI is InChI=1S/C30H51B6N9O4/c31-20-16(21(32)23(34)24(35)22(20)33)14-19(27(48)45-30(36,28(39)49)10-4-5-11-37)44-26(47)18(9-6-12-42-29(40)41)43-25(46)17(38)13-15-7-2-1-3-8-15/h1-3,7-8,17-19H,4-6,9-14,31-38H2,(H2,39,49)(H,43,46)(H,44,47)(H,45,48)(H4,40,41,42)/t17-,18+,19-,30-/m0/s1. The molecule has 0 fully saturated rings. The van der Waals surface area contributed by atoms with Gasteiger partial charge in [-0.1, -0.05) is 53.2 Å². The lowest BCUT2D eigenvalue weighted by molar-refractivity contribution is -0.134. The van der Waals surface area contributed by atoms with Gasteiger partial charge in [0.1, 0.15) is 59.2 Å². The number of amides is 4. The van der Waals surface area contributed by atoms with E-state index in [0.29, 0.717) is 25.8 Å². The Labute approximate surface area is 295 Å². The van der Waals surface area contributed by atoms with E-state index in [4.69, 9.17) is 28.3 Å². The highest BCUT2D eigenvalue weighted by atomic mass is 16.2. The predicted octanol–water partition coefficient (Wildman–Crippen LogP) is -10.6. The average Bonchev–Trinajstić information content (AvgIpc) is 3.05. The van der Waals surface area contributed by atoms with E-state index in [9.17, 15) is 19.2 Å². The summed E-state index contributed by atoms with van der Waals surface area (Å²) in [6.45, 7) is 0.714. The van der Waals surface area contributed by atoms with Crippen molar-refractivity contribution in [3.63, 3.8) is 0 Å². The predicted molar refractivity (Wildman–Crippen MR) is 214 cm³/mol. The number of hydrogen-bond donors (Lipinski definition) is 9. The van der Waals surface area contributed by atoms with Gasteiger partial charge in [0.15, 0.2) is 5.96 Å². The van der Waals surface area contributed by atoms with Crippen LogP contribution in [-0.4, -0.2) is 113 Å². The highest BCUT2D eigenvalue weighted by Gasteiger charge is 2.36. The Kier molecular flexibility index (Phi) is 16.1. The summed E-state index contributed by atoms with van der Waals surface area (Å²) in [5.74, 6) is -2.62. The van der Waals surface area contributed by atoms with E-state index < -0.39 is 47.2 Å². The lowest BCUT2D eigenvalue weighted by atomic mass is 9.60. The van der Waals surface area contributed by atoms with Crippen LogP contribution < -0.4 is 71.5 Å². The molecular formula is C30H51B6N9O4. The number of nitrogens with one attached hydrogen (secondary N) is 5. The largest absolute Gasteiger partial charge is 0.370 e. The first kappa shape index (κ1) is 41.1. The second kappa shape index (κ2) is 19.2. The Morgan fingerprint density at radius 3 is 1.90 bits per heavy atom. The molecule has 0 radical (unpaired) electrons. The fourth-order valence-electron chi connectivity index (χ4n) is 5.84. The van der Waals surface area contributed by atoms with Gasteiger partial charge >= 0.3 is 0 Å². The number of unbranched alkanes of at least 4 members (excludes halogenated alkanes) is 1. The summed E-state index contributed by atoms with van der Waals surface area (Å²) in [5, 5.41) is 18.6. The minimum Gasteiger partial charge on any atom is -0.370 e. The molecule has 2 aromatic rings. The summed E-state index contributed by atoms with van der Waals surface area (Å²) >= 11 is 0.